The lowest BCUT2D eigenvalue weighted by Gasteiger charge is -2.35. The standard InChI is InChI=1S/C20H20FN3O3/c21-17-4-2-1-3-16(17)13-18(25)23-9-11-24(12-10-23)20(27)15-7-5-14(6-8-15)19(22)26/h1-8H,9-13H2,(H2,22,26). The lowest BCUT2D eigenvalue weighted by atomic mass is 10.1. The molecule has 0 aromatic heterocycles. The summed E-state index contributed by atoms with van der Waals surface area (Å²) in [5, 5.41) is 0. The van der Waals surface area contributed by atoms with Gasteiger partial charge in [-0.1, -0.05) is 18.2 Å². The highest BCUT2D eigenvalue weighted by molar-refractivity contribution is 5.97. The first-order valence-corrected chi connectivity index (χ1v) is 8.66. The van der Waals surface area contributed by atoms with E-state index in [1.54, 1.807) is 40.1 Å². The second kappa shape index (κ2) is 7.99. The summed E-state index contributed by atoms with van der Waals surface area (Å²) in [5.41, 5.74) is 6.37. The number of amides is 3. The molecule has 0 saturated carbocycles. The Morgan fingerprint density at radius 2 is 1.41 bits per heavy atom. The van der Waals surface area contributed by atoms with Crippen LogP contribution in [0.25, 0.3) is 0 Å². The fourth-order valence-corrected chi connectivity index (χ4v) is 3.04. The van der Waals surface area contributed by atoms with Gasteiger partial charge in [0.25, 0.3) is 5.91 Å². The summed E-state index contributed by atoms with van der Waals surface area (Å²) in [5.74, 6) is -1.25. The Morgan fingerprint density at radius 1 is 0.852 bits per heavy atom. The Morgan fingerprint density at radius 3 is 2.00 bits per heavy atom. The molecule has 0 aliphatic carbocycles. The van der Waals surface area contributed by atoms with Gasteiger partial charge in [0.05, 0.1) is 6.42 Å². The number of nitrogens with zero attached hydrogens (tertiary/aromatic N) is 2. The van der Waals surface area contributed by atoms with Gasteiger partial charge in [0.1, 0.15) is 5.82 Å². The van der Waals surface area contributed by atoms with Crippen LogP contribution in [0, 0.1) is 5.82 Å². The molecule has 0 unspecified atom stereocenters. The molecular formula is C20H20FN3O3. The summed E-state index contributed by atoms with van der Waals surface area (Å²) in [6, 6.07) is 12.4. The number of carbonyl (C=O) groups excluding carboxylic acids is 3. The van der Waals surface area contributed by atoms with Crippen LogP contribution in [0.2, 0.25) is 0 Å². The van der Waals surface area contributed by atoms with Gasteiger partial charge >= 0.3 is 0 Å². The van der Waals surface area contributed by atoms with E-state index in [2.05, 4.69) is 0 Å². The number of piperazine rings is 1. The van der Waals surface area contributed by atoms with Crippen LogP contribution in [0.5, 0.6) is 0 Å². The first-order valence-electron chi connectivity index (χ1n) is 8.66. The zero-order chi connectivity index (χ0) is 19.4. The minimum Gasteiger partial charge on any atom is -0.366 e. The Balaban J connectivity index is 1.56. The highest BCUT2D eigenvalue weighted by Crippen LogP contribution is 2.13. The van der Waals surface area contributed by atoms with Crippen molar-refractivity contribution in [2.45, 2.75) is 6.42 Å². The third-order valence-electron chi connectivity index (χ3n) is 4.64. The fourth-order valence-electron chi connectivity index (χ4n) is 3.04. The highest BCUT2D eigenvalue weighted by Gasteiger charge is 2.25. The van der Waals surface area contributed by atoms with Crippen molar-refractivity contribution in [2.75, 3.05) is 26.2 Å². The van der Waals surface area contributed by atoms with Crippen LogP contribution in [0.15, 0.2) is 48.5 Å². The molecule has 1 saturated heterocycles. The van der Waals surface area contributed by atoms with Gasteiger partial charge in [-0.25, -0.2) is 4.39 Å². The summed E-state index contributed by atoms with van der Waals surface area (Å²) in [6.07, 6.45) is 0.00913. The third-order valence-corrected chi connectivity index (χ3v) is 4.64. The molecule has 3 rings (SSSR count). The van der Waals surface area contributed by atoms with Gasteiger partial charge in [0, 0.05) is 37.3 Å². The average molecular weight is 369 g/mol. The van der Waals surface area contributed by atoms with E-state index >= 15 is 0 Å². The molecule has 7 heteroatoms. The zero-order valence-electron chi connectivity index (χ0n) is 14.7. The molecule has 0 atom stereocenters. The van der Waals surface area contributed by atoms with Crippen molar-refractivity contribution >= 4 is 17.7 Å². The molecule has 6 nitrogen and oxygen atoms in total. The number of hydrogen-bond donors (Lipinski definition) is 1. The topological polar surface area (TPSA) is 83.7 Å². The normalized spacial score (nSPS) is 14.1. The smallest absolute Gasteiger partial charge is 0.253 e. The number of carbonyl (C=O) groups is 3. The van der Waals surface area contributed by atoms with E-state index in [0.717, 1.165) is 0 Å². The lowest BCUT2D eigenvalue weighted by Crippen LogP contribution is -2.51. The molecule has 1 aliphatic heterocycles. The van der Waals surface area contributed by atoms with Crippen LogP contribution in [-0.2, 0) is 11.2 Å². The number of halogens is 1. The average Bonchev–Trinajstić information content (AvgIpc) is 2.69. The Hall–Kier alpha value is -3.22. The van der Waals surface area contributed by atoms with E-state index in [0.29, 0.717) is 42.9 Å². The van der Waals surface area contributed by atoms with Gasteiger partial charge < -0.3 is 15.5 Å². The van der Waals surface area contributed by atoms with E-state index in [9.17, 15) is 18.8 Å². The molecule has 2 aromatic carbocycles. The summed E-state index contributed by atoms with van der Waals surface area (Å²) >= 11 is 0. The molecule has 0 spiro atoms. The molecule has 1 heterocycles. The molecule has 140 valence electrons. The van der Waals surface area contributed by atoms with E-state index in [-0.39, 0.29) is 24.1 Å². The van der Waals surface area contributed by atoms with Crippen molar-refractivity contribution < 1.29 is 18.8 Å². The van der Waals surface area contributed by atoms with E-state index < -0.39 is 5.91 Å². The molecule has 2 N–H and O–H groups in total. The van der Waals surface area contributed by atoms with Crippen molar-refractivity contribution in [1.29, 1.82) is 0 Å². The molecule has 1 fully saturated rings. The van der Waals surface area contributed by atoms with Gasteiger partial charge in [0.2, 0.25) is 11.8 Å². The molecule has 1 aliphatic rings. The van der Waals surface area contributed by atoms with Crippen LogP contribution in [-0.4, -0.2) is 53.7 Å². The predicted octanol–water partition coefficient (Wildman–Crippen LogP) is 1.45. The second-order valence-electron chi connectivity index (χ2n) is 6.38. The minimum absolute atomic E-state index is 0.00913. The van der Waals surface area contributed by atoms with Crippen LogP contribution in [0.4, 0.5) is 4.39 Å². The maximum absolute atomic E-state index is 13.7. The maximum Gasteiger partial charge on any atom is 0.253 e. The zero-order valence-corrected chi connectivity index (χ0v) is 14.7. The highest BCUT2D eigenvalue weighted by atomic mass is 19.1. The Labute approximate surface area is 156 Å². The lowest BCUT2D eigenvalue weighted by molar-refractivity contribution is -0.132. The quantitative estimate of drug-likeness (QED) is 0.885. The predicted molar refractivity (Wildman–Crippen MR) is 97.5 cm³/mol. The number of nitrogens with two attached hydrogens (primary N) is 1. The van der Waals surface area contributed by atoms with Gasteiger partial charge in [-0.15, -0.1) is 0 Å². The van der Waals surface area contributed by atoms with Crippen molar-refractivity contribution in [2.24, 2.45) is 5.73 Å². The molecule has 2 aromatic rings. The van der Waals surface area contributed by atoms with Crippen LogP contribution in [0.1, 0.15) is 26.3 Å². The number of rotatable bonds is 4. The van der Waals surface area contributed by atoms with Crippen molar-refractivity contribution in [1.82, 2.24) is 9.80 Å². The van der Waals surface area contributed by atoms with Crippen molar-refractivity contribution in [3.05, 3.63) is 71.0 Å². The van der Waals surface area contributed by atoms with E-state index in [1.165, 1.54) is 18.2 Å². The van der Waals surface area contributed by atoms with Crippen LogP contribution >= 0.6 is 0 Å². The summed E-state index contributed by atoms with van der Waals surface area (Å²) in [6.45, 7) is 1.61. The SMILES string of the molecule is NC(=O)c1ccc(C(=O)N2CCN(C(=O)Cc3ccccc3F)CC2)cc1. The monoisotopic (exact) mass is 369 g/mol. The van der Waals surface area contributed by atoms with Gasteiger partial charge in [0.15, 0.2) is 0 Å². The molecule has 27 heavy (non-hydrogen) atoms. The number of benzene rings is 2. The maximum atomic E-state index is 13.7. The van der Waals surface area contributed by atoms with Crippen molar-refractivity contribution in [3.63, 3.8) is 0 Å². The van der Waals surface area contributed by atoms with Gasteiger partial charge in [-0.05, 0) is 35.9 Å². The first kappa shape index (κ1) is 18.6. The summed E-state index contributed by atoms with van der Waals surface area (Å²) in [4.78, 5) is 39.3. The second-order valence-corrected chi connectivity index (χ2v) is 6.38. The Kier molecular flexibility index (Phi) is 5.49. The number of primary amides is 1. The fraction of sp³-hybridized carbons (Fsp3) is 0.250. The van der Waals surface area contributed by atoms with Crippen LogP contribution < -0.4 is 5.73 Å². The molecule has 0 bridgehead atoms. The summed E-state index contributed by atoms with van der Waals surface area (Å²) < 4.78 is 13.7. The minimum atomic E-state index is -0.545. The first-order chi connectivity index (χ1) is 13.0. The van der Waals surface area contributed by atoms with E-state index in [1.807, 2.05) is 0 Å². The number of hydrogen-bond acceptors (Lipinski definition) is 3. The van der Waals surface area contributed by atoms with Gasteiger partial charge in [-0.3, -0.25) is 14.4 Å². The van der Waals surface area contributed by atoms with Crippen molar-refractivity contribution in [3.8, 4) is 0 Å². The Bertz CT molecular complexity index is 859. The summed E-state index contributed by atoms with van der Waals surface area (Å²) in [7, 11) is 0. The largest absolute Gasteiger partial charge is 0.366 e. The van der Waals surface area contributed by atoms with E-state index in [4.69, 9.17) is 5.73 Å². The molecule has 0 radical (unpaired) electrons. The van der Waals surface area contributed by atoms with Gasteiger partial charge in [-0.2, -0.15) is 0 Å². The molecule has 3 amide bonds. The molecular weight excluding hydrogens is 349 g/mol. The third kappa shape index (κ3) is 4.31. The van der Waals surface area contributed by atoms with Crippen LogP contribution in [0.3, 0.4) is 0 Å².